The van der Waals surface area contributed by atoms with Crippen LogP contribution >= 0.6 is 0 Å². The predicted molar refractivity (Wildman–Crippen MR) is 83.0 cm³/mol. The van der Waals surface area contributed by atoms with Crippen LogP contribution in [0.2, 0.25) is 0 Å². The highest BCUT2D eigenvalue weighted by Gasteiger charge is 2.14. The van der Waals surface area contributed by atoms with E-state index in [1.54, 1.807) is 6.07 Å². The summed E-state index contributed by atoms with van der Waals surface area (Å²) < 4.78 is 2.21. The van der Waals surface area contributed by atoms with Gasteiger partial charge < -0.3 is 10.3 Å². The largest absolute Gasteiger partial charge is 0.332 e. The molecule has 0 spiro atoms. The molecule has 10 nitrogen and oxygen atoms in total. The van der Waals surface area contributed by atoms with Crippen LogP contribution in [-0.2, 0) is 14.1 Å². The van der Waals surface area contributed by atoms with Crippen LogP contribution < -0.4 is 16.6 Å². The van der Waals surface area contributed by atoms with Gasteiger partial charge in [-0.15, -0.1) is 0 Å². The maximum atomic E-state index is 12.1. The molecule has 118 valence electrons. The van der Waals surface area contributed by atoms with Crippen molar-refractivity contribution >= 4 is 28.5 Å². The maximum Gasteiger partial charge on any atom is 0.332 e. The van der Waals surface area contributed by atoms with Gasteiger partial charge in [-0.05, 0) is 6.07 Å². The zero-order valence-corrected chi connectivity index (χ0v) is 12.2. The van der Waals surface area contributed by atoms with Crippen LogP contribution in [0.25, 0.3) is 11.2 Å². The van der Waals surface area contributed by atoms with E-state index < -0.39 is 16.2 Å². The van der Waals surface area contributed by atoms with E-state index in [4.69, 9.17) is 0 Å². The van der Waals surface area contributed by atoms with Crippen molar-refractivity contribution in [1.82, 2.24) is 19.1 Å². The van der Waals surface area contributed by atoms with Crippen molar-refractivity contribution in [2.24, 2.45) is 14.1 Å². The highest BCUT2D eigenvalue weighted by atomic mass is 16.6. The predicted octanol–water partition coefficient (Wildman–Crippen LogP) is 0.612. The number of imidazole rings is 1. The summed E-state index contributed by atoms with van der Waals surface area (Å²) in [4.78, 5) is 41.2. The van der Waals surface area contributed by atoms with E-state index in [2.05, 4.69) is 15.3 Å². The van der Waals surface area contributed by atoms with Gasteiger partial charge in [-0.2, -0.15) is 4.98 Å². The summed E-state index contributed by atoms with van der Waals surface area (Å²) in [5.74, 6) is 0.207. The number of hydrogen-bond donors (Lipinski definition) is 2. The minimum atomic E-state index is -0.511. The third-order valence-electron chi connectivity index (χ3n) is 3.41. The van der Waals surface area contributed by atoms with E-state index in [0.29, 0.717) is 5.69 Å². The molecular formula is C13H12N6O4. The summed E-state index contributed by atoms with van der Waals surface area (Å²) in [6, 6.07) is 5.85. The number of nitro groups is 1. The molecule has 1 aromatic carbocycles. The van der Waals surface area contributed by atoms with Crippen molar-refractivity contribution in [2.75, 3.05) is 5.32 Å². The highest BCUT2D eigenvalue weighted by Crippen LogP contribution is 2.20. The first-order chi connectivity index (χ1) is 10.9. The lowest BCUT2D eigenvalue weighted by Crippen LogP contribution is -2.36. The Bertz CT molecular complexity index is 1040. The first-order valence-electron chi connectivity index (χ1n) is 6.55. The molecule has 0 amide bonds. The molecule has 0 aliphatic carbocycles. The molecule has 2 heterocycles. The Kier molecular flexibility index (Phi) is 3.21. The van der Waals surface area contributed by atoms with E-state index in [1.165, 1.54) is 36.9 Å². The van der Waals surface area contributed by atoms with Gasteiger partial charge in [0.15, 0.2) is 11.2 Å². The van der Waals surface area contributed by atoms with Gasteiger partial charge in [-0.1, -0.05) is 6.07 Å². The third kappa shape index (κ3) is 2.35. The van der Waals surface area contributed by atoms with Gasteiger partial charge in [0.25, 0.3) is 11.2 Å². The maximum absolute atomic E-state index is 12.1. The van der Waals surface area contributed by atoms with Crippen LogP contribution in [0, 0.1) is 10.1 Å². The van der Waals surface area contributed by atoms with Crippen molar-refractivity contribution in [3.8, 4) is 0 Å². The minimum Gasteiger partial charge on any atom is -0.325 e. The zero-order valence-electron chi connectivity index (χ0n) is 12.2. The molecule has 0 atom stereocenters. The van der Waals surface area contributed by atoms with Gasteiger partial charge in [-0.3, -0.25) is 24.0 Å². The second-order valence-corrected chi connectivity index (χ2v) is 4.92. The SMILES string of the molecule is Cn1c(=O)c2[nH]c(Nc3cccc([N+](=O)[O-])c3)nc2n(C)c1=O. The number of nitrogens with one attached hydrogen (secondary N) is 2. The monoisotopic (exact) mass is 316 g/mol. The number of anilines is 2. The topological polar surface area (TPSA) is 128 Å². The fraction of sp³-hybridized carbons (Fsp3) is 0.154. The van der Waals surface area contributed by atoms with E-state index in [9.17, 15) is 19.7 Å². The highest BCUT2D eigenvalue weighted by molar-refractivity contribution is 5.74. The number of nitrogens with zero attached hydrogens (tertiary/aromatic N) is 4. The van der Waals surface area contributed by atoms with Crippen LogP contribution in [0.1, 0.15) is 0 Å². The summed E-state index contributed by atoms with van der Waals surface area (Å²) in [5, 5.41) is 13.6. The van der Waals surface area contributed by atoms with Gasteiger partial charge in [0.2, 0.25) is 5.95 Å². The molecule has 0 aliphatic rings. The number of benzene rings is 1. The van der Waals surface area contributed by atoms with Crippen LogP contribution in [0.5, 0.6) is 0 Å². The average molecular weight is 316 g/mol. The summed E-state index contributed by atoms with van der Waals surface area (Å²) in [7, 11) is 2.88. The number of hydrogen-bond acceptors (Lipinski definition) is 6. The quantitative estimate of drug-likeness (QED) is 0.538. The lowest BCUT2D eigenvalue weighted by molar-refractivity contribution is -0.384. The Labute approximate surface area is 128 Å². The van der Waals surface area contributed by atoms with Crippen molar-refractivity contribution in [2.45, 2.75) is 0 Å². The number of fused-ring (bicyclic) bond motifs is 1. The Balaban J connectivity index is 2.09. The second kappa shape index (κ2) is 5.09. The summed E-state index contributed by atoms with van der Waals surface area (Å²) in [6.45, 7) is 0. The van der Waals surface area contributed by atoms with Gasteiger partial charge >= 0.3 is 5.69 Å². The number of aromatic amines is 1. The van der Waals surface area contributed by atoms with Gasteiger partial charge in [0.05, 0.1) is 4.92 Å². The summed E-state index contributed by atoms with van der Waals surface area (Å²) in [5.41, 5.74) is -0.262. The molecule has 0 radical (unpaired) electrons. The molecule has 3 rings (SSSR count). The standard InChI is InChI=1S/C13H12N6O4/c1-17-10-9(11(20)18(2)13(17)21)15-12(16-10)14-7-4-3-5-8(6-7)19(22)23/h3-6H,1-2H3,(H2,14,15,16). The number of aryl methyl sites for hydroxylation is 1. The smallest absolute Gasteiger partial charge is 0.325 e. The summed E-state index contributed by atoms with van der Waals surface area (Å²) >= 11 is 0. The molecule has 2 N–H and O–H groups in total. The molecule has 0 fully saturated rings. The molecule has 0 aliphatic heterocycles. The summed E-state index contributed by atoms with van der Waals surface area (Å²) in [6.07, 6.45) is 0. The second-order valence-electron chi connectivity index (χ2n) is 4.92. The molecule has 10 heteroatoms. The van der Waals surface area contributed by atoms with Gasteiger partial charge in [0, 0.05) is 31.9 Å². The molecule has 0 unspecified atom stereocenters. The molecule has 2 aromatic heterocycles. The number of nitro benzene ring substituents is 1. The number of non-ortho nitro benzene ring substituents is 1. The van der Waals surface area contributed by atoms with Gasteiger partial charge in [-0.25, -0.2) is 4.79 Å². The lowest BCUT2D eigenvalue weighted by Gasteiger charge is -2.01. The number of H-pyrrole nitrogens is 1. The Morgan fingerprint density at radius 2 is 2.00 bits per heavy atom. The third-order valence-corrected chi connectivity index (χ3v) is 3.41. The first-order valence-corrected chi connectivity index (χ1v) is 6.55. The van der Waals surface area contributed by atoms with E-state index in [0.717, 1.165) is 4.57 Å². The molecule has 23 heavy (non-hydrogen) atoms. The van der Waals surface area contributed by atoms with Crippen molar-refractivity contribution in [3.05, 3.63) is 55.2 Å². The molecule has 3 aromatic rings. The van der Waals surface area contributed by atoms with E-state index in [1.807, 2.05) is 0 Å². The van der Waals surface area contributed by atoms with Crippen molar-refractivity contribution in [1.29, 1.82) is 0 Å². The average Bonchev–Trinajstić information content (AvgIpc) is 2.95. The molecule has 0 bridgehead atoms. The van der Waals surface area contributed by atoms with E-state index in [-0.39, 0.29) is 22.8 Å². The van der Waals surface area contributed by atoms with E-state index >= 15 is 0 Å². The Morgan fingerprint density at radius 3 is 2.70 bits per heavy atom. The molecule has 0 saturated carbocycles. The number of rotatable bonds is 3. The Hall–Kier alpha value is -3.43. The number of aromatic nitrogens is 4. The van der Waals surface area contributed by atoms with Crippen LogP contribution in [0.4, 0.5) is 17.3 Å². The molecular weight excluding hydrogens is 304 g/mol. The fourth-order valence-electron chi connectivity index (χ4n) is 2.22. The van der Waals surface area contributed by atoms with Crippen molar-refractivity contribution < 1.29 is 4.92 Å². The van der Waals surface area contributed by atoms with Crippen molar-refractivity contribution in [3.63, 3.8) is 0 Å². The fourth-order valence-corrected chi connectivity index (χ4v) is 2.22. The Morgan fingerprint density at radius 1 is 1.26 bits per heavy atom. The lowest BCUT2D eigenvalue weighted by atomic mass is 10.3. The van der Waals surface area contributed by atoms with Crippen LogP contribution in [0.3, 0.4) is 0 Å². The minimum absolute atomic E-state index is 0.0746. The zero-order chi connectivity index (χ0) is 16.7. The normalized spacial score (nSPS) is 10.9. The van der Waals surface area contributed by atoms with Gasteiger partial charge in [0.1, 0.15) is 0 Å². The molecule has 0 saturated heterocycles. The van der Waals surface area contributed by atoms with Crippen LogP contribution in [0.15, 0.2) is 33.9 Å². The van der Waals surface area contributed by atoms with Crippen LogP contribution in [-0.4, -0.2) is 24.0 Å². The first kappa shape index (κ1) is 14.5.